The van der Waals surface area contributed by atoms with Crippen molar-refractivity contribution < 1.29 is 33.3 Å². The second kappa shape index (κ2) is 11.9. The standard InChI is InChI=1S/C33H40ClN7O6S/c1-31(2)19-21(20-40(31)30(43)44)5-4-16-35-24-6-3-7-27(36-24)48(45,46)39-29(42)22-8-9-25(37-28(22)34)41-17-10-26(38-41)47-18-11-23-32(12-13-32)33(23)14-15-33/h3,6-10,17,21,23H,4-5,11-16,18-20H2,1-2H3,(H,35,36)(H,39,42)(H,43,44)/t21-/m0/s1/i11D2,18D2. The van der Waals surface area contributed by atoms with Crippen molar-refractivity contribution in [3.8, 4) is 11.7 Å². The normalized spacial score (nSPS) is 23.1. The smallest absolute Gasteiger partial charge is 0.407 e. The highest BCUT2D eigenvalue weighted by atomic mass is 35.5. The molecule has 13 nitrogen and oxygen atoms in total. The lowest BCUT2D eigenvalue weighted by molar-refractivity contribution is 0.0980. The third-order valence-corrected chi connectivity index (χ3v) is 11.9. The van der Waals surface area contributed by atoms with E-state index >= 15 is 0 Å². The van der Waals surface area contributed by atoms with Crippen LogP contribution in [-0.2, 0) is 10.0 Å². The Kier molecular flexibility index (Phi) is 6.94. The predicted octanol–water partition coefficient (Wildman–Crippen LogP) is 5.36. The topological polar surface area (TPSA) is 169 Å². The van der Waals surface area contributed by atoms with Crippen molar-refractivity contribution >= 4 is 39.4 Å². The number of carbonyl (C=O) groups is 2. The average molecular weight is 702 g/mol. The minimum absolute atomic E-state index is 0.0809. The van der Waals surface area contributed by atoms with Crippen LogP contribution in [0.1, 0.15) is 81.0 Å². The Labute approximate surface area is 290 Å². The molecule has 4 fully saturated rings. The molecule has 1 atom stereocenters. The molecule has 4 heterocycles. The molecule has 0 unspecified atom stereocenters. The van der Waals surface area contributed by atoms with Gasteiger partial charge in [0, 0.05) is 33.6 Å². The van der Waals surface area contributed by atoms with Gasteiger partial charge in [-0.05, 0) is 112 Å². The summed E-state index contributed by atoms with van der Waals surface area (Å²) in [6.45, 7) is 2.14. The summed E-state index contributed by atoms with van der Waals surface area (Å²) in [4.78, 5) is 34.3. The number of hydrogen-bond donors (Lipinski definition) is 3. The number of amides is 2. The molecule has 3 aromatic heterocycles. The second-order valence-electron chi connectivity index (χ2n) is 13.8. The molecule has 256 valence electrons. The zero-order valence-corrected chi connectivity index (χ0v) is 28.1. The fourth-order valence-electron chi connectivity index (χ4n) is 7.63. The minimum atomic E-state index is -4.41. The maximum absolute atomic E-state index is 13.1. The van der Waals surface area contributed by atoms with E-state index in [-0.39, 0.29) is 50.9 Å². The number of sulfonamides is 1. The minimum Gasteiger partial charge on any atom is -0.477 e. The molecule has 15 heteroatoms. The first-order chi connectivity index (χ1) is 24.3. The third-order valence-electron chi connectivity index (χ3n) is 10.3. The van der Waals surface area contributed by atoms with Gasteiger partial charge in [-0.1, -0.05) is 17.7 Å². The second-order valence-corrected chi connectivity index (χ2v) is 15.8. The molecule has 3 aromatic rings. The first kappa shape index (κ1) is 28.0. The van der Waals surface area contributed by atoms with Crippen molar-refractivity contribution in [2.45, 2.75) is 75.7 Å². The number of fused-ring (bicyclic) bond motifs is 1. The van der Waals surface area contributed by atoms with E-state index in [1.807, 2.05) is 18.6 Å². The number of carbonyl (C=O) groups excluding carboxylic acids is 1. The summed E-state index contributed by atoms with van der Waals surface area (Å²) in [6, 6.07) is 8.33. The molecule has 3 saturated carbocycles. The van der Waals surface area contributed by atoms with E-state index in [1.165, 1.54) is 46.1 Å². The molecule has 0 aromatic carbocycles. The summed E-state index contributed by atoms with van der Waals surface area (Å²) in [7, 11) is -4.41. The van der Waals surface area contributed by atoms with Crippen molar-refractivity contribution in [3.63, 3.8) is 0 Å². The number of hydrogen-bond acceptors (Lipinski definition) is 9. The van der Waals surface area contributed by atoms with E-state index in [0.717, 1.165) is 38.5 Å². The van der Waals surface area contributed by atoms with E-state index in [4.69, 9.17) is 21.8 Å². The van der Waals surface area contributed by atoms with E-state index in [9.17, 15) is 23.1 Å². The predicted molar refractivity (Wildman–Crippen MR) is 177 cm³/mol. The Morgan fingerprint density at radius 2 is 1.88 bits per heavy atom. The van der Waals surface area contributed by atoms with Crippen molar-refractivity contribution in [1.82, 2.24) is 29.4 Å². The zero-order valence-electron chi connectivity index (χ0n) is 30.6. The maximum Gasteiger partial charge on any atom is 0.407 e. The number of ether oxygens (including phenoxy) is 1. The van der Waals surface area contributed by atoms with Crippen LogP contribution in [0.15, 0.2) is 47.6 Å². The monoisotopic (exact) mass is 701 g/mol. The van der Waals surface area contributed by atoms with Crippen LogP contribution in [0, 0.1) is 22.7 Å². The Hall–Kier alpha value is -3.91. The molecule has 3 N–H and O–H groups in total. The molecule has 0 radical (unpaired) electrons. The summed E-state index contributed by atoms with van der Waals surface area (Å²) >= 11 is 6.31. The van der Waals surface area contributed by atoms with E-state index in [2.05, 4.69) is 20.4 Å². The fraction of sp³-hybridized carbons (Fsp3) is 0.545. The molecular formula is C33H40ClN7O6S. The van der Waals surface area contributed by atoms with Crippen LogP contribution in [0.4, 0.5) is 10.6 Å². The van der Waals surface area contributed by atoms with Crippen LogP contribution in [-0.4, -0.2) is 75.4 Å². The van der Waals surface area contributed by atoms with Gasteiger partial charge in [0.25, 0.3) is 15.9 Å². The van der Waals surface area contributed by atoms with Gasteiger partial charge in [-0.25, -0.2) is 24.2 Å². The Morgan fingerprint density at radius 1 is 1.12 bits per heavy atom. The summed E-state index contributed by atoms with van der Waals surface area (Å²) in [6.07, 6.45) is 4.24. The van der Waals surface area contributed by atoms with Crippen LogP contribution in [0.2, 0.25) is 5.15 Å². The van der Waals surface area contributed by atoms with Crippen LogP contribution in [0.5, 0.6) is 5.88 Å². The Bertz CT molecular complexity index is 2020. The number of anilines is 1. The zero-order chi connectivity index (χ0) is 37.5. The highest BCUT2D eigenvalue weighted by molar-refractivity contribution is 7.90. The van der Waals surface area contributed by atoms with Gasteiger partial charge in [0.2, 0.25) is 5.88 Å². The average Bonchev–Trinajstić information content (AvgIpc) is 4.01. The molecule has 4 aliphatic rings. The number of nitrogens with zero attached hydrogens (tertiary/aromatic N) is 5. The molecule has 48 heavy (non-hydrogen) atoms. The lowest BCUT2D eigenvalue weighted by Crippen LogP contribution is -2.41. The SMILES string of the molecule is [2H]C([2H])(Oc1ccn(-c2ccc(C(=O)NS(=O)(=O)c3cccc(NCCC[C@@H]4CN(C(=O)O)C(C)(C)C4)n3)c(Cl)n2)n1)C([2H])([2H])C1C2(CC2)C12CC2. The lowest BCUT2D eigenvalue weighted by Gasteiger charge is -2.28. The molecule has 0 bridgehead atoms. The third kappa shape index (κ3) is 6.08. The summed E-state index contributed by atoms with van der Waals surface area (Å²) in [5.41, 5.74) is -0.819. The van der Waals surface area contributed by atoms with Crippen LogP contribution in [0.3, 0.4) is 0 Å². The van der Waals surface area contributed by atoms with E-state index in [0.29, 0.717) is 19.5 Å². The van der Waals surface area contributed by atoms with Gasteiger partial charge in [0.15, 0.2) is 10.8 Å². The van der Waals surface area contributed by atoms with E-state index < -0.39 is 45.5 Å². The fourth-order valence-corrected chi connectivity index (χ4v) is 8.80. The molecule has 2 spiro atoms. The highest BCUT2D eigenvalue weighted by Crippen LogP contribution is 2.93. The van der Waals surface area contributed by atoms with Crippen molar-refractivity contribution in [1.29, 1.82) is 0 Å². The summed E-state index contributed by atoms with van der Waals surface area (Å²) < 4.78 is 69.2. The van der Waals surface area contributed by atoms with Crippen LogP contribution in [0.25, 0.3) is 5.82 Å². The Morgan fingerprint density at radius 3 is 2.54 bits per heavy atom. The number of likely N-dealkylation sites (tertiary alicyclic amines) is 1. The van der Waals surface area contributed by atoms with Gasteiger partial charge >= 0.3 is 6.09 Å². The van der Waals surface area contributed by atoms with Crippen LogP contribution >= 0.6 is 11.6 Å². The van der Waals surface area contributed by atoms with Gasteiger partial charge in [-0.2, -0.15) is 8.42 Å². The van der Waals surface area contributed by atoms with Gasteiger partial charge in [-0.15, -0.1) is 5.10 Å². The van der Waals surface area contributed by atoms with Gasteiger partial charge in [-0.3, -0.25) is 4.79 Å². The number of pyridine rings is 2. The molecular weight excluding hydrogens is 658 g/mol. The first-order valence-corrected chi connectivity index (χ1v) is 17.9. The maximum atomic E-state index is 13.1. The van der Waals surface area contributed by atoms with Gasteiger partial charge in [0.05, 0.1) is 14.9 Å². The molecule has 2 amide bonds. The van der Waals surface area contributed by atoms with Gasteiger partial charge < -0.3 is 20.1 Å². The van der Waals surface area contributed by atoms with Crippen molar-refractivity contribution in [2.24, 2.45) is 22.7 Å². The van der Waals surface area contributed by atoms with Crippen molar-refractivity contribution in [2.75, 3.05) is 25.0 Å². The van der Waals surface area contributed by atoms with Crippen molar-refractivity contribution in [3.05, 3.63) is 53.3 Å². The molecule has 1 aliphatic heterocycles. The van der Waals surface area contributed by atoms with Crippen LogP contribution < -0.4 is 14.8 Å². The highest BCUT2D eigenvalue weighted by Gasteiger charge is 2.85. The quantitative estimate of drug-likeness (QED) is 0.156. The number of carboxylic acid groups (broad SMARTS) is 1. The number of nitrogens with one attached hydrogen (secondary N) is 2. The molecule has 7 rings (SSSR count). The van der Waals surface area contributed by atoms with E-state index in [1.54, 1.807) is 6.07 Å². The summed E-state index contributed by atoms with van der Waals surface area (Å²) in [5.74, 6) is -0.959. The summed E-state index contributed by atoms with van der Waals surface area (Å²) in [5, 5.41) is 16.0. The number of rotatable bonds is 13. The number of aromatic nitrogens is 4. The lowest BCUT2D eigenvalue weighted by atomic mass is 9.93. The van der Waals surface area contributed by atoms with Gasteiger partial charge in [0.1, 0.15) is 11.0 Å². The molecule has 1 saturated heterocycles. The largest absolute Gasteiger partial charge is 0.477 e. The first-order valence-electron chi connectivity index (χ1n) is 18.0. The Balaban J connectivity index is 0.939. The molecule has 3 aliphatic carbocycles. The number of halogens is 1.